The van der Waals surface area contributed by atoms with Gasteiger partial charge in [0.15, 0.2) is 5.78 Å². The van der Waals surface area contributed by atoms with E-state index in [1.54, 1.807) is 7.11 Å². The molecule has 0 fully saturated rings. The van der Waals surface area contributed by atoms with Crippen molar-refractivity contribution in [3.8, 4) is 0 Å². The van der Waals surface area contributed by atoms with Gasteiger partial charge in [0.2, 0.25) is 0 Å². The van der Waals surface area contributed by atoms with Gasteiger partial charge in [-0.15, -0.1) is 0 Å². The number of ketones is 1. The zero-order valence-electron chi connectivity index (χ0n) is 9.96. The van der Waals surface area contributed by atoms with Gasteiger partial charge in [0.1, 0.15) is 0 Å². The third kappa shape index (κ3) is 4.20. The lowest BCUT2D eigenvalue weighted by Gasteiger charge is -2.27. The molecule has 2 atom stereocenters. The van der Waals surface area contributed by atoms with E-state index in [2.05, 4.69) is 0 Å². The number of carbonyl (C=O) groups is 1. The van der Waals surface area contributed by atoms with Gasteiger partial charge in [-0.2, -0.15) is 0 Å². The highest BCUT2D eigenvalue weighted by atomic mass is 16.5. The van der Waals surface area contributed by atoms with Crippen LogP contribution in [0.15, 0.2) is 0 Å². The van der Waals surface area contributed by atoms with Crippen molar-refractivity contribution in [2.75, 3.05) is 13.7 Å². The van der Waals surface area contributed by atoms with Crippen molar-refractivity contribution in [1.82, 2.24) is 0 Å². The fraction of sp³-hybridized carbons (Fsp3) is 0.909. The highest BCUT2D eigenvalue weighted by molar-refractivity contribution is 5.86. The van der Waals surface area contributed by atoms with Crippen molar-refractivity contribution < 1.29 is 9.53 Å². The number of methoxy groups -OCH3 is 1. The molecule has 0 bridgehead atoms. The Morgan fingerprint density at radius 1 is 1.43 bits per heavy atom. The van der Waals surface area contributed by atoms with Crippen LogP contribution < -0.4 is 5.73 Å². The molecule has 0 aromatic carbocycles. The molecular weight excluding hydrogens is 178 g/mol. The Bertz CT molecular complexity index is 184. The SMILES string of the molecule is COCCC(C)C(=O)C(N)C(C)(C)C. The van der Waals surface area contributed by atoms with E-state index in [1.165, 1.54) is 0 Å². The highest BCUT2D eigenvalue weighted by Crippen LogP contribution is 2.21. The monoisotopic (exact) mass is 201 g/mol. The van der Waals surface area contributed by atoms with Crippen molar-refractivity contribution in [3.05, 3.63) is 0 Å². The second kappa shape index (κ2) is 5.47. The Labute approximate surface area is 87.0 Å². The molecule has 0 aliphatic heterocycles. The number of carbonyl (C=O) groups excluding carboxylic acids is 1. The first-order chi connectivity index (χ1) is 6.30. The Balaban J connectivity index is 4.18. The van der Waals surface area contributed by atoms with Gasteiger partial charge >= 0.3 is 0 Å². The van der Waals surface area contributed by atoms with Gasteiger partial charge < -0.3 is 10.5 Å². The minimum atomic E-state index is -0.380. The van der Waals surface area contributed by atoms with Gasteiger partial charge in [-0.1, -0.05) is 27.7 Å². The van der Waals surface area contributed by atoms with Crippen LogP contribution in [0.1, 0.15) is 34.1 Å². The standard InChI is InChI=1S/C11H23NO2/c1-8(6-7-14-5)9(13)10(12)11(2,3)4/h8,10H,6-7,12H2,1-5H3. The molecule has 0 rings (SSSR count). The van der Waals surface area contributed by atoms with Crippen molar-refractivity contribution in [3.63, 3.8) is 0 Å². The summed E-state index contributed by atoms with van der Waals surface area (Å²) in [5.41, 5.74) is 5.72. The number of nitrogens with two attached hydrogens (primary N) is 1. The normalized spacial score (nSPS) is 16.4. The molecule has 0 saturated heterocycles. The second-order valence-corrected chi connectivity index (χ2v) is 4.93. The van der Waals surface area contributed by atoms with E-state index in [0.29, 0.717) is 6.61 Å². The summed E-state index contributed by atoms with van der Waals surface area (Å²) in [4.78, 5) is 11.8. The first kappa shape index (κ1) is 13.6. The van der Waals surface area contributed by atoms with Crippen LogP contribution in [-0.2, 0) is 9.53 Å². The van der Waals surface area contributed by atoms with Crippen molar-refractivity contribution in [2.24, 2.45) is 17.1 Å². The summed E-state index contributed by atoms with van der Waals surface area (Å²) in [7, 11) is 1.64. The van der Waals surface area contributed by atoms with Crippen molar-refractivity contribution in [2.45, 2.75) is 40.2 Å². The van der Waals surface area contributed by atoms with E-state index in [9.17, 15) is 4.79 Å². The predicted octanol–water partition coefficient (Wildman–Crippen LogP) is 1.60. The fourth-order valence-electron chi connectivity index (χ4n) is 1.17. The van der Waals surface area contributed by atoms with Gasteiger partial charge in [-0.25, -0.2) is 0 Å². The summed E-state index contributed by atoms with van der Waals surface area (Å²) in [5, 5.41) is 0. The maximum atomic E-state index is 11.8. The van der Waals surface area contributed by atoms with E-state index in [1.807, 2.05) is 27.7 Å². The smallest absolute Gasteiger partial charge is 0.152 e. The maximum absolute atomic E-state index is 11.8. The molecule has 2 unspecified atom stereocenters. The molecule has 0 aliphatic rings. The molecule has 0 aliphatic carbocycles. The summed E-state index contributed by atoms with van der Waals surface area (Å²) in [6.07, 6.45) is 0.749. The molecule has 0 saturated carbocycles. The van der Waals surface area contributed by atoms with E-state index in [-0.39, 0.29) is 23.2 Å². The second-order valence-electron chi connectivity index (χ2n) is 4.93. The summed E-state index contributed by atoms with van der Waals surface area (Å²) in [6.45, 7) is 8.48. The van der Waals surface area contributed by atoms with Crippen LogP contribution in [0.3, 0.4) is 0 Å². The quantitative estimate of drug-likeness (QED) is 0.735. The molecular formula is C11H23NO2. The molecule has 3 heteroatoms. The van der Waals surface area contributed by atoms with E-state index in [4.69, 9.17) is 10.5 Å². The molecule has 2 N–H and O–H groups in total. The van der Waals surface area contributed by atoms with E-state index >= 15 is 0 Å². The zero-order valence-corrected chi connectivity index (χ0v) is 9.96. The third-order valence-corrected chi connectivity index (χ3v) is 2.48. The first-order valence-electron chi connectivity index (χ1n) is 5.09. The number of rotatable bonds is 5. The van der Waals surface area contributed by atoms with Gasteiger partial charge in [0.05, 0.1) is 6.04 Å². The Kier molecular flexibility index (Phi) is 5.31. The van der Waals surface area contributed by atoms with Crippen molar-refractivity contribution in [1.29, 1.82) is 0 Å². The summed E-state index contributed by atoms with van der Waals surface area (Å²) < 4.78 is 4.93. The number of hydrogen-bond donors (Lipinski definition) is 1. The van der Waals surface area contributed by atoms with Crippen LogP contribution in [-0.4, -0.2) is 25.5 Å². The Morgan fingerprint density at radius 2 is 1.93 bits per heavy atom. The summed E-state index contributed by atoms with van der Waals surface area (Å²) in [6, 6.07) is -0.380. The Morgan fingerprint density at radius 3 is 2.29 bits per heavy atom. The Hall–Kier alpha value is -0.410. The molecule has 0 aromatic heterocycles. The lowest BCUT2D eigenvalue weighted by Crippen LogP contribution is -2.44. The minimum Gasteiger partial charge on any atom is -0.385 e. The lowest BCUT2D eigenvalue weighted by molar-refractivity contribution is -0.126. The first-order valence-corrected chi connectivity index (χ1v) is 5.09. The summed E-state index contributed by atoms with van der Waals surface area (Å²) in [5.74, 6) is 0.124. The van der Waals surface area contributed by atoms with Crippen LogP contribution in [0.5, 0.6) is 0 Å². The van der Waals surface area contributed by atoms with Gasteiger partial charge in [-0.05, 0) is 11.8 Å². The molecule has 0 spiro atoms. The van der Waals surface area contributed by atoms with Gasteiger partial charge in [0.25, 0.3) is 0 Å². The van der Waals surface area contributed by atoms with Gasteiger partial charge in [0, 0.05) is 19.6 Å². The maximum Gasteiger partial charge on any atom is 0.152 e. The number of ether oxygens (including phenoxy) is 1. The number of Topliss-reactive ketones (excluding diaryl/α,β-unsaturated/α-hetero) is 1. The molecule has 84 valence electrons. The average Bonchev–Trinajstić information content (AvgIpc) is 2.10. The van der Waals surface area contributed by atoms with Crippen LogP contribution >= 0.6 is 0 Å². The summed E-state index contributed by atoms with van der Waals surface area (Å²) >= 11 is 0. The largest absolute Gasteiger partial charge is 0.385 e. The molecule has 0 aromatic rings. The highest BCUT2D eigenvalue weighted by Gasteiger charge is 2.30. The third-order valence-electron chi connectivity index (χ3n) is 2.48. The van der Waals surface area contributed by atoms with E-state index in [0.717, 1.165) is 6.42 Å². The topological polar surface area (TPSA) is 52.3 Å². The van der Waals surface area contributed by atoms with Crippen LogP contribution in [0.2, 0.25) is 0 Å². The molecule has 14 heavy (non-hydrogen) atoms. The van der Waals surface area contributed by atoms with Crippen molar-refractivity contribution >= 4 is 5.78 Å². The van der Waals surface area contributed by atoms with Gasteiger partial charge in [-0.3, -0.25) is 4.79 Å². The van der Waals surface area contributed by atoms with Crippen LogP contribution in [0.4, 0.5) is 0 Å². The predicted molar refractivity (Wildman–Crippen MR) is 58.1 cm³/mol. The minimum absolute atomic E-state index is 0.0100. The number of hydrogen-bond acceptors (Lipinski definition) is 3. The average molecular weight is 201 g/mol. The molecule has 0 heterocycles. The van der Waals surface area contributed by atoms with E-state index < -0.39 is 0 Å². The van der Waals surface area contributed by atoms with Crippen LogP contribution in [0.25, 0.3) is 0 Å². The zero-order chi connectivity index (χ0) is 11.4. The lowest BCUT2D eigenvalue weighted by atomic mass is 9.81. The fourth-order valence-corrected chi connectivity index (χ4v) is 1.17. The molecule has 0 radical (unpaired) electrons. The molecule has 3 nitrogen and oxygen atoms in total. The molecule has 0 amide bonds. The van der Waals surface area contributed by atoms with Crippen LogP contribution in [0, 0.1) is 11.3 Å².